The number of carbonyl (C=O) groups is 2. The first kappa shape index (κ1) is 19.3. The van der Waals surface area contributed by atoms with Gasteiger partial charge in [-0.3, -0.25) is 9.59 Å². The summed E-state index contributed by atoms with van der Waals surface area (Å²) in [4.78, 5) is 26.2. The van der Waals surface area contributed by atoms with E-state index in [1.54, 1.807) is 12.1 Å². The number of ether oxygens (including phenoxy) is 2. The highest BCUT2D eigenvalue weighted by Gasteiger charge is 2.29. The van der Waals surface area contributed by atoms with Crippen molar-refractivity contribution in [1.82, 2.24) is 4.90 Å². The molecule has 0 spiro atoms. The molecule has 1 aliphatic carbocycles. The normalized spacial score (nSPS) is 16.9. The summed E-state index contributed by atoms with van der Waals surface area (Å²) in [6.07, 6.45) is 3.67. The van der Waals surface area contributed by atoms with Crippen LogP contribution in [0.3, 0.4) is 0 Å². The van der Waals surface area contributed by atoms with Crippen LogP contribution in [0.1, 0.15) is 25.7 Å². The van der Waals surface area contributed by atoms with Crippen molar-refractivity contribution in [3.05, 3.63) is 54.6 Å². The smallest absolute Gasteiger partial charge is 0.260 e. The van der Waals surface area contributed by atoms with Gasteiger partial charge in [0.2, 0.25) is 5.91 Å². The van der Waals surface area contributed by atoms with Crippen LogP contribution in [0.25, 0.3) is 0 Å². The Bertz CT molecular complexity index is 843. The molecule has 6 heteroatoms. The zero-order valence-electron chi connectivity index (χ0n) is 16.4. The summed E-state index contributed by atoms with van der Waals surface area (Å²) in [5.41, 5.74) is 0.700. The number of likely N-dealkylation sites (tertiary alicyclic amines) is 1. The number of anilines is 1. The minimum absolute atomic E-state index is 0.00969. The lowest BCUT2D eigenvalue weighted by molar-refractivity contribution is -0.135. The number of nitrogens with zero attached hydrogens (tertiary/aromatic N) is 1. The SMILES string of the molecule is O=C(Nc1cccc(OCC(=O)N2CCC(Oc3ccccc3)CC2)c1)C1CC1. The van der Waals surface area contributed by atoms with Gasteiger partial charge >= 0.3 is 0 Å². The van der Waals surface area contributed by atoms with Crippen molar-refractivity contribution in [3.63, 3.8) is 0 Å². The number of amides is 2. The number of piperidine rings is 1. The standard InChI is InChI=1S/C23H26N2O4/c26-22(25-13-11-20(12-14-25)29-19-6-2-1-3-7-19)16-28-21-8-4-5-18(15-21)24-23(27)17-9-10-17/h1-8,15,17,20H,9-14,16H2,(H,24,27). The van der Waals surface area contributed by atoms with Crippen molar-refractivity contribution in [2.24, 2.45) is 5.92 Å². The van der Waals surface area contributed by atoms with E-state index in [0.717, 1.165) is 31.4 Å². The fourth-order valence-corrected chi connectivity index (χ4v) is 3.40. The van der Waals surface area contributed by atoms with E-state index in [1.165, 1.54) is 0 Å². The number of carbonyl (C=O) groups excluding carboxylic acids is 2. The van der Waals surface area contributed by atoms with Crippen LogP contribution in [0.4, 0.5) is 5.69 Å². The second-order valence-electron chi connectivity index (χ2n) is 7.59. The largest absolute Gasteiger partial charge is 0.490 e. The second kappa shape index (κ2) is 8.99. The lowest BCUT2D eigenvalue weighted by Gasteiger charge is -2.32. The average Bonchev–Trinajstić information content (AvgIpc) is 3.59. The van der Waals surface area contributed by atoms with Crippen LogP contribution in [-0.4, -0.2) is 42.5 Å². The van der Waals surface area contributed by atoms with Gasteiger partial charge in [-0.25, -0.2) is 0 Å². The van der Waals surface area contributed by atoms with E-state index in [0.29, 0.717) is 24.5 Å². The van der Waals surface area contributed by atoms with Crippen molar-refractivity contribution in [1.29, 1.82) is 0 Å². The van der Waals surface area contributed by atoms with Gasteiger partial charge in [0, 0.05) is 43.6 Å². The van der Waals surface area contributed by atoms with Gasteiger partial charge in [-0.1, -0.05) is 24.3 Å². The maximum absolute atomic E-state index is 12.5. The third-order valence-electron chi connectivity index (χ3n) is 5.25. The summed E-state index contributed by atoms with van der Waals surface area (Å²) in [6.45, 7) is 1.32. The van der Waals surface area contributed by atoms with Crippen molar-refractivity contribution >= 4 is 17.5 Å². The molecule has 0 atom stereocenters. The van der Waals surface area contributed by atoms with Crippen LogP contribution in [0.5, 0.6) is 11.5 Å². The molecule has 2 aliphatic rings. The first-order chi connectivity index (χ1) is 14.2. The Labute approximate surface area is 170 Å². The Morgan fingerprint density at radius 3 is 2.38 bits per heavy atom. The number of rotatable bonds is 7. The van der Waals surface area contributed by atoms with Crippen LogP contribution >= 0.6 is 0 Å². The molecule has 0 aromatic heterocycles. The minimum atomic E-state index is -0.0319. The summed E-state index contributed by atoms with van der Waals surface area (Å²) in [5, 5.41) is 2.89. The van der Waals surface area contributed by atoms with E-state index in [-0.39, 0.29) is 30.4 Å². The van der Waals surface area contributed by atoms with Gasteiger partial charge in [0.1, 0.15) is 17.6 Å². The van der Waals surface area contributed by atoms with E-state index in [9.17, 15) is 9.59 Å². The van der Waals surface area contributed by atoms with Gasteiger partial charge < -0.3 is 19.7 Å². The Morgan fingerprint density at radius 1 is 0.931 bits per heavy atom. The van der Waals surface area contributed by atoms with Crippen LogP contribution < -0.4 is 14.8 Å². The first-order valence-corrected chi connectivity index (χ1v) is 10.2. The Balaban J connectivity index is 1.21. The molecule has 2 aromatic carbocycles. The fourth-order valence-electron chi connectivity index (χ4n) is 3.40. The Morgan fingerprint density at radius 2 is 1.66 bits per heavy atom. The highest BCUT2D eigenvalue weighted by molar-refractivity contribution is 5.94. The zero-order chi connectivity index (χ0) is 20.1. The van der Waals surface area contributed by atoms with Crippen molar-refractivity contribution in [2.45, 2.75) is 31.8 Å². The lowest BCUT2D eigenvalue weighted by atomic mass is 10.1. The van der Waals surface area contributed by atoms with E-state index < -0.39 is 0 Å². The highest BCUT2D eigenvalue weighted by atomic mass is 16.5. The predicted octanol–water partition coefficient (Wildman–Crippen LogP) is 3.48. The van der Waals surface area contributed by atoms with E-state index in [1.807, 2.05) is 47.4 Å². The summed E-state index contributed by atoms with van der Waals surface area (Å²) >= 11 is 0. The number of hydrogen-bond acceptors (Lipinski definition) is 4. The van der Waals surface area contributed by atoms with Gasteiger partial charge in [0.15, 0.2) is 6.61 Å². The molecule has 0 unspecified atom stereocenters. The number of hydrogen-bond donors (Lipinski definition) is 1. The number of benzene rings is 2. The molecule has 1 N–H and O–H groups in total. The van der Waals surface area contributed by atoms with Gasteiger partial charge in [-0.05, 0) is 37.1 Å². The molecule has 1 heterocycles. The quantitative estimate of drug-likeness (QED) is 0.781. The summed E-state index contributed by atoms with van der Waals surface area (Å²) < 4.78 is 11.6. The monoisotopic (exact) mass is 394 g/mol. The van der Waals surface area contributed by atoms with E-state index in [4.69, 9.17) is 9.47 Å². The molecule has 0 radical (unpaired) electrons. The van der Waals surface area contributed by atoms with E-state index in [2.05, 4.69) is 5.32 Å². The molecule has 0 bridgehead atoms. The van der Waals surface area contributed by atoms with Crippen molar-refractivity contribution in [2.75, 3.05) is 25.0 Å². The maximum Gasteiger partial charge on any atom is 0.260 e. The molecule has 1 saturated heterocycles. The second-order valence-corrected chi connectivity index (χ2v) is 7.59. The summed E-state index contributed by atoms with van der Waals surface area (Å²) in [5.74, 6) is 1.62. The number of nitrogens with one attached hydrogen (secondary N) is 1. The fraction of sp³-hybridized carbons (Fsp3) is 0.391. The molecule has 6 nitrogen and oxygen atoms in total. The third kappa shape index (κ3) is 5.50. The Hall–Kier alpha value is -3.02. The molecule has 1 aliphatic heterocycles. The molecule has 1 saturated carbocycles. The highest BCUT2D eigenvalue weighted by Crippen LogP contribution is 2.30. The van der Waals surface area contributed by atoms with E-state index >= 15 is 0 Å². The van der Waals surface area contributed by atoms with Gasteiger partial charge in [-0.15, -0.1) is 0 Å². The molecule has 2 amide bonds. The number of para-hydroxylation sites is 1. The average molecular weight is 394 g/mol. The molecule has 2 aromatic rings. The maximum atomic E-state index is 12.5. The molecule has 29 heavy (non-hydrogen) atoms. The minimum Gasteiger partial charge on any atom is -0.490 e. The molecular formula is C23H26N2O4. The van der Waals surface area contributed by atoms with Crippen molar-refractivity contribution < 1.29 is 19.1 Å². The molecule has 152 valence electrons. The molecule has 4 rings (SSSR count). The topological polar surface area (TPSA) is 67.9 Å². The van der Waals surface area contributed by atoms with Crippen LogP contribution in [0, 0.1) is 5.92 Å². The van der Waals surface area contributed by atoms with Crippen LogP contribution in [-0.2, 0) is 9.59 Å². The summed E-state index contributed by atoms with van der Waals surface area (Å²) in [7, 11) is 0. The predicted molar refractivity (Wildman–Crippen MR) is 110 cm³/mol. The lowest BCUT2D eigenvalue weighted by Crippen LogP contribution is -2.43. The van der Waals surface area contributed by atoms with Gasteiger partial charge in [0.05, 0.1) is 0 Å². The molecular weight excluding hydrogens is 368 g/mol. The molecule has 2 fully saturated rings. The third-order valence-corrected chi connectivity index (χ3v) is 5.25. The van der Waals surface area contributed by atoms with Gasteiger partial charge in [-0.2, -0.15) is 0 Å². The zero-order valence-corrected chi connectivity index (χ0v) is 16.4. The van der Waals surface area contributed by atoms with Crippen molar-refractivity contribution in [3.8, 4) is 11.5 Å². The van der Waals surface area contributed by atoms with Crippen LogP contribution in [0.15, 0.2) is 54.6 Å². The summed E-state index contributed by atoms with van der Waals surface area (Å²) in [6, 6.07) is 17.0. The van der Waals surface area contributed by atoms with Crippen LogP contribution in [0.2, 0.25) is 0 Å². The Kier molecular flexibility index (Phi) is 5.98. The first-order valence-electron chi connectivity index (χ1n) is 10.2. The van der Waals surface area contributed by atoms with Gasteiger partial charge in [0.25, 0.3) is 5.91 Å².